The molecule has 0 spiro atoms. The Bertz CT molecular complexity index is 1440. The first-order valence-electron chi connectivity index (χ1n) is 18.0. The third-order valence-electron chi connectivity index (χ3n) is 8.30. The monoisotopic (exact) mass is 656 g/mol. The summed E-state index contributed by atoms with van der Waals surface area (Å²) in [6, 6.07) is 18.7. The minimum atomic E-state index is -0.786. The minimum absolute atomic E-state index is 0.0994. The van der Waals surface area contributed by atoms with Gasteiger partial charge >= 0.3 is 11.9 Å². The third kappa shape index (κ3) is 14.8. The number of hydrogen-bond acceptors (Lipinski definition) is 5. The molecule has 3 aromatic carbocycles. The van der Waals surface area contributed by atoms with E-state index in [-0.39, 0.29) is 17.6 Å². The fourth-order valence-corrected chi connectivity index (χ4v) is 5.40. The summed E-state index contributed by atoms with van der Waals surface area (Å²) in [4.78, 5) is 24.8. The Morgan fingerprint density at radius 2 is 1.23 bits per heavy atom. The van der Waals surface area contributed by atoms with Crippen LogP contribution < -0.4 is 9.47 Å². The molecule has 5 nitrogen and oxygen atoms in total. The lowest BCUT2D eigenvalue weighted by atomic mass is 10.0. The van der Waals surface area contributed by atoms with Crippen molar-refractivity contribution in [2.45, 2.75) is 123 Å². The van der Waals surface area contributed by atoms with E-state index in [9.17, 15) is 14.0 Å². The van der Waals surface area contributed by atoms with E-state index in [0.29, 0.717) is 23.7 Å². The van der Waals surface area contributed by atoms with Crippen molar-refractivity contribution in [1.82, 2.24) is 0 Å². The Hall–Kier alpha value is -4.11. The van der Waals surface area contributed by atoms with Crippen LogP contribution in [-0.2, 0) is 9.53 Å². The summed E-state index contributed by atoms with van der Waals surface area (Å²) in [5.41, 5.74) is 2.40. The molecular weight excluding hydrogens is 603 g/mol. The predicted molar refractivity (Wildman–Crippen MR) is 192 cm³/mol. The summed E-state index contributed by atoms with van der Waals surface area (Å²) in [5, 5.41) is 0. The molecule has 0 aliphatic rings. The lowest BCUT2D eigenvalue weighted by Crippen LogP contribution is -2.15. The van der Waals surface area contributed by atoms with Crippen LogP contribution in [0.4, 0.5) is 4.39 Å². The normalized spacial score (nSPS) is 11.3. The van der Waals surface area contributed by atoms with Crippen LogP contribution in [0.2, 0.25) is 0 Å². The Labute approximate surface area is 287 Å². The summed E-state index contributed by atoms with van der Waals surface area (Å²) in [6.07, 6.45) is 17.8. The first-order valence-corrected chi connectivity index (χ1v) is 18.0. The zero-order valence-electron chi connectivity index (χ0n) is 29.2. The quantitative estimate of drug-likeness (QED) is 0.0494. The molecule has 0 aliphatic carbocycles. The van der Waals surface area contributed by atoms with Gasteiger partial charge in [-0.15, -0.1) is 0 Å². The van der Waals surface area contributed by atoms with Gasteiger partial charge in [-0.1, -0.05) is 121 Å². The molecule has 6 heteroatoms. The number of ether oxygens (including phenoxy) is 3. The van der Waals surface area contributed by atoms with E-state index < -0.39 is 11.8 Å². The molecule has 0 heterocycles. The van der Waals surface area contributed by atoms with E-state index in [1.54, 1.807) is 30.3 Å². The molecule has 0 bridgehead atoms. The molecule has 3 rings (SSSR count). The van der Waals surface area contributed by atoms with Gasteiger partial charge in [0.15, 0.2) is 0 Å². The van der Waals surface area contributed by atoms with Crippen LogP contribution in [0.1, 0.15) is 133 Å². The molecule has 0 unspecified atom stereocenters. The van der Waals surface area contributed by atoms with Gasteiger partial charge in [0.05, 0.1) is 23.8 Å². The average Bonchev–Trinajstić information content (AvgIpc) is 3.09. The van der Waals surface area contributed by atoms with Crippen molar-refractivity contribution >= 4 is 11.9 Å². The fourth-order valence-electron chi connectivity index (χ4n) is 5.40. The zero-order valence-corrected chi connectivity index (χ0v) is 29.2. The molecule has 258 valence electrons. The van der Waals surface area contributed by atoms with Gasteiger partial charge in [-0.25, -0.2) is 14.0 Å². The van der Waals surface area contributed by atoms with Crippen LogP contribution in [-0.4, -0.2) is 24.6 Å². The zero-order chi connectivity index (χ0) is 34.4. The SMILES string of the molecule is CCCCCCCCCCCCOc1ccc(C#CC(=O)Oc2ccc(-c3ccc(C(=O)O[C@@H](C)CCCCCC)cc3)cc2)c(F)c1. The third-order valence-corrected chi connectivity index (χ3v) is 8.30. The van der Waals surface area contributed by atoms with Gasteiger partial charge in [-0.3, -0.25) is 0 Å². The van der Waals surface area contributed by atoms with E-state index in [4.69, 9.17) is 14.2 Å². The first-order chi connectivity index (χ1) is 23.4. The highest BCUT2D eigenvalue weighted by Crippen LogP contribution is 2.24. The number of esters is 2. The number of unbranched alkanes of at least 4 members (excludes halogenated alkanes) is 12. The van der Waals surface area contributed by atoms with E-state index in [2.05, 4.69) is 25.7 Å². The number of carbonyl (C=O) groups is 2. The number of rotatable bonds is 21. The highest BCUT2D eigenvalue weighted by Gasteiger charge is 2.12. The van der Waals surface area contributed by atoms with Gasteiger partial charge in [0.2, 0.25) is 0 Å². The molecule has 0 saturated heterocycles. The fraction of sp³-hybridized carbons (Fsp3) is 0.476. The van der Waals surface area contributed by atoms with Crippen LogP contribution in [0, 0.1) is 17.7 Å². The highest BCUT2D eigenvalue weighted by molar-refractivity contribution is 5.91. The van der Waals surface area contributed by atoms with Gasteiger partial charge in [-0.05, 0) is 73.7 Å². The van der Waals surface area contributed by atoms with Crippen LogP contribution in [0.3, 0.4) is 0 Å². The van der Waals surface area contributed by atoms with Gasteiger partial charge in [0, 0.05) is 12.0 Å². The van der Waals surface area contributed by atoms with E-state index in [1.807, 2.05) is 31.2 Å². The molecular formula is C42H53FO5. The maximum atomic E-state index is 14.6. The second-order valence-corrected chi connectivity index (χ2v) is 12.5. The molecule has 0 aromatic heterocycles. The van der Waals surface area contributed by atoms with Crippen LogP contribution in [0.5, 0.6) is 11.5 Å². The molecule has 3 aromatic rings. The molecule has 0 saturated carbocycles. The van der Waals surface area contributed by atoms with Crippen molar-refractivity contribution in [3.8, 4) is 34.5 Å². The largest absolute Gasteiger partial charge is 0.493 e. The molecule has 48 heavy (non-hydrogen) atoms. The summed E-state index contributed by atoms with van der Waals surface area (Å²) in [7, 11) is 0. The van der Waals surface area contributed by atoms with Crippen LogP contribution >= 0.6 is 0 Å². The summed E-state index contributed by atoms with van der Waals surface area (Å²) >= 11 is 0. The van der Waals surface area contributed by atoms with E-state index in [1.165, 1.54) is 76.3 Å². The second-order valence-electron chi connectivity index (χ2n) is 12.5. The topological polar surface area (TPSA) is 61.8 Å². The summed E-state index contributed by atoms with van der Waals surface area (Å²) in [5.74, 6) is 4.03. The Kier molecular flexibility index (Phi) is 17.9. The summed E-state index contributed by atoms with van der Waals surface area (Å²) < 4.78 is 31.2. The standard InChI is InChI=1S/C42H53FO5/c1-4-6-8-10-11-12-13-14-15-17-31-46-39-29-25-36(40(43)32-39)26-30-41(44)48-38-27-23-35(24-28-38)34-19-21-37(22-20-34)42(45)47-33(3)18-16-9-7-5-2/h19-25,27-29,32-33H,4-18,31H2,1-3H3/t33-/m0/s1. The Morgan fingerprint density at radius 1 is 0.688 bits per heavy atom. The van der Waals surface area contributed by atoms with Gasteiger partial charge in [0.1, 0.15) is 17.3 Å². The first kappa shape index (κ1) is 38.3. The Balaban J connectivity index is 1.39. The molecule has 0 aliphatic heterocycles. The number of carbonyl (C=O) groups excluding carboxylic acids is 2. The maximum Gasteiger partial charge on any atom is 0.390 e. The van der Waals surface area contributed by atoms with Gasteiger partial charge in [0.25, 0.3) is 0 Å². The van der Waals surface area contributed by atoms with Crippen molar-refractivity contribution in [2.75, 3.05) is 6.61 Å². The smallest absolute Gasteiger partial charge is 0.390 e. The van der Waals surface area contributed by atoms with Gasteiger partial charge < -0.3 is 14.2 Å². The molecule has 0 amide bonds. The van der Waals surface area contributed by atoms with Crippen molar-refractivity contribution < 1.29 is 28.2 Å². The Morgan fingerprint density at radius 3 is 1.83 bits per heavy atom. The van der Waals surface area contributed by atoms with Crippen LogP contribution in [0.15, 0.2) is 66.7 Å². The van der Waals surface area contributed by atoms with Crippen molar-refractivity contribution in [2.24, 2.45) is 0 Å². The second kappa shape index (κ2) is 22.5. The average molecular weight is 657 g/mol. The van der Waals surface area contributed by atoms with Crippen molar-refractivity contribution in [1.29, 1.82) is 0 Å². The number of halogens is 1. The lowest BCUT2D eigenvalue weighted by molar-refractivity contribution is -0.128. The van der Waals surface area contributed by atoms with E-state index in [0.717, 1.165) is 43.2 Å². The highest BCUT2D eigenvalue weighted by atomic mass is 19.1. The summed E-state index contributed by atoms with van der Waals surface area (Å²) in [6.45, 7) is 6.89. The number of benzene rings is 3. The molecule has 0 radical (unpaired) electrons. The molecule has 1 atom stereocenters. The minimum Gasteiger partial charge on any atom is -0.493 e. The lowest BCUT2D eigenvalue weighted by Gasteiger charge is -2.13. The maximum absolute atomic E-state index is 14.6. The van der Waals surface area contributed by atoms with Gasteiger partial charge in [-0.2, -0.15) is 0 Å². The number of hydrogen-bond donors (Lipinski definition) is 0. The molecule has 0 fully saturated rings. The van der Waals surface area contributed by atoms with Crippen molar-refractivity contribution in [3.63, 3.8) is 0 Å². The van der Waals surface area contributed by atoms with Crippen LogP contribution in [0.25, 0.3) is 11.1 Å². The molecule has 0 N–H and O–H groups in total. The predicted octanol–water partition coefficient (Wildman–Crippen LogP) is 11.3. The van der Waals surface area contributed by atoms with Crippen molar-refractivity contribution in [3.05, 3.63) is 83.7 Å². The van der Waals surface area contributed by atoms with E-state index >= 15 is 0 Å².